The fourth-order valence-corrected chi connectivity index (χ4v) is 2.93. The predicted molar refractivity (Wildman–Crippen MR) is 81.8 cm³/mol. The summed E-state index contributed by atoms with van der Waals surface area (Å²) in [5.74, 6) is -0.123. The molecule has 21 heavy (non-hydrogen) atoms. The van der Waals surface area contributed by atoms with E-state index < -0.39 is 0 Å². The first-order chi connectivity index (χ1) is 10.2. The van der Waals surface area contributed by atoms with Gasteiger partial charge < -0.3 is 0 Å². The first kappa shape index (κ1) is 13.5. The Balaban J connectivity index is 1.88. The number of ketones is 1. The molecule has 0 aliphatic rings. The lowest BCUT2D eigenvalue weighted by Crippen LogP contribution is -2.12. The maximum absolute atomic E-state index is 12.3. The Labute approximate surface area is 125 Å². The number of nitrogens with zero attached hydrogens (tertiary/aromatic N) is 2. The van der Waals surface area contributed by atoms with Gasteiger partial charge in [-0.3, -0.25) is 18.5 Å². The molecule has 2 heterocycles. The van der Waals surface area contributed by atoms with Crippen molar-refractivity contribution in [3.8, 4) is 0 Å². The normalized spacial score (nSPS) is 10.5. The summed E-state index contributed by atoms with van der Waals surface area (Å²) in [5, 5.41) is 0. The number of aromatic nitrogens is 2. The number of carbonyl (C=O) groups is 1. The molecule has 0 radical (unpaired) electrons. The Kier molecular flexibility index (Phi) is 3.75. The van der Waals surface area contributed by atoms with Crippen LogP contribution in [0.4, 0.5) is 0 Å². The Morgan fingerprint density at radius 3 is 2.67 bits per heavy atom. The molecule has 0 fully saturated rings. The lowest BCUT2D eigenvalue weighted by molar-refractivity contribution is 0.104. The molecule has 1 aromatic carbocycles. The van der Waals surface area contributed by atoms with Gasteiger partial charge in [-0.25, -0.2) is 0 Å². The van der Waals surface area contributed by atoms with Gasteiger partial charge in [0, 0.05) is 24.0 Å². The van der Waals surface area contributed by atoms with Gasteiger partial charge in [-0.15, -0.1) is 0 Å². The van der Waals surface area contributed by atoms with Gasteiger partial charge in [0.05, 0.1) is 11.4 Å². The van der Waals surface area contributed by atoms with Crippen molar-refractivity contribution in [2.45, 2.75) is 6.54 Å². The quantitative estimate of drug-likeness (QED) is 0.695. The topological polar surface area (TPSA) is 52.0 Å². The van der Waals surface area contributed by atoms with Crippen LogP contribution in [0, 0.1) is 0 Å². The first-order valence-corrected chi connectivity index (χ1v) is 7.21. The molecule has 104 valence electrons. The summed E-state index contributed by atoms with van der Waals surface area (Å²) in [6, 6.07) is 14.1. The average molecular weight is 296 g/mol. The van der Waals surface area contributed by atoms with Gasteiger partial charge >= 0.3 is 0 Å². The van der Waals surface area contributed by atoms with Gasteiger partial charge in [0.25, 0.3) is 5.56 Å². The van der Waals surface area contributed by atoms with Crippen molar-refractivity contribution < 1.29 is 4.79 Å². The molecule has 0 saturated carbocycles. The number of benzene rings is 1. The third-order valence-corrected chi connectivity index (χ3v) is 4.05. The zero-order valence-corrected chi connectivity index (χ0v) is 11.9. The van der Waals surface area contributed by atoms with E-state index in [2.05, 4.69) is 4.98 Å². The molecular formula is C16H12N2O2S. The SMILES string of the molecule is O=C(c1ccccc1)c1cc(=O)n(Cc2cccnc2)s1. The highest BCUT2D eigenvalue weighted by atomic mass is 32.1. The van der Waals surface area contributed by atoms with Gasteiger partial charge in [-0.05, 0) is 11.6 Å². The molecule has 0 unspecified atom stereocenters. The smallest absolute Gasteiger partial charge is 0.261 e. The molecule has 0 amide bonds. The van der Waals surface area contributed by atoms with E-state index in [1.165, 1.54) is 17.6 Å². The average Bonchev–Trinajstić information content (AvgIpc) is 2.89. The van der Waals surface area contributed by atoms with Crippen molar-refractivity contribution in [2.24, 2.45) is 0 Å². The molecule has 0 saturated heterocycles. The van der Waals surface area contributed by atoms with Crippen molar-refractivity contribution in [3.05, 3.63) is 87.3 Å². The van der Waals surface area contributed by atoms with E-state index in [0.29, 0.717) is 17.0 Å². The van der Waals surface area contributed by atoms with Crippen molar-refractivity contribution in [3.63, 3.8) is 0 Å². The highest BCUT2D eigenvalue weighted by Gasteiger charge is 2.14. The number of pyridine rings is 1. The van der Waals surface area contributed by atoms with Crippen LogP contribution >= 0.6 is 11.5 Å². The molecular weight excluding hydrogens is 284 g/mol. The second kappa shape index (κ2) is 5.85. The summed E-state index contributed by atoms with van der Waals surface area (Å²) in [4.78, 5) is 28.8. The summed E-state index contributed by atoms with van der Waals surface area (Å²) >= 11 is 1.18. The fraction of sp³-hybridized carbons (Fsp3) is 0.0625. The van der Waals surface area contributed by atoms with Crippen molar-refractivity contribution in [1.82, 2.24) is 8.94 Å². The van der Waals surface area contributed by atoms with Crippen LogP contribution in [-0.2, 0) is 6.54 Å². The molecule has 0 atom stereocenters. The van der Waals surface area contributed by atoms with Crippen LogP contribution in [-0.4, -0.2) is 14.7 Å². The van der Waals surface area contributed by atoms with Gasteiger partial charge in [0.15, 0.2) is 0 Å². The van der Waals surface area contributed by atoms with Gasteiger partial charge in [0.1, 0.15) is 0 Å². The van der Waals surface area contributed by atoms with E-state index >= 15 is 0 Å². The van der Waals surface area contributed by atoms with Crippen LogP contribution < -0.4 is 5.56 Å². The lowest BCUT2D eigenvalue weighted by atomic mass is 10.1. The second-order valence-corrected chi connectivity index (χ2v) is 5.59. The van der Waals surface area contributed by atoms with E-state index in [9.17, 15) is 9.59 Å². The molecule has 0 aliphatic heterocycles. The monoisotopic (exact) mass is 296 g/mol. The third-order valence-electron chi connectivity index (χ3n) is 3.02. The number of carbonyl (C=O) groups excluding carboxylic acids is 1. The summed E-state index contributed by atoms with van der Waals surface area (Å²) in [5.41, 5.74) is 1.36. The van der Waals surface area contributed by atoms with E-state index in [1.54, 1.807) is 28.5 Å². The molecule has 0 spiro atoms. The highest BCUT2D eigenvalue weighted by Crippen LogP contribution is 2.14. The largest absolute Gasteiger partial charge is 0.288 e. The van der Waals surface area contributed by atoms with Crippen LogP contribution in [0.5, 0.6) is 0 Å². The standard InChI is InChI=1S/C16H12N2O2S/c19-15-9-14(16(20)13-6-2-1-3-7-13)21-18(15)11-12-5-4-8-17-10-12/h1-10H,11H2. The van der Waals surface area contributed by atoms with Gasteiger partial charge in [0.2, 0.25) is 5.78 Å². The van der Waals surface area contributed by atoms with Crippen LogP contribution in [0.1, 0.15) is 20.8 Å². The Bertz CT molecular complexity index is 807. The number of rotatable bonds is 4. The number of hydrogen-bond donors (Lipinski definition) is 0. The van der Waals surface area contributed by atoms with Crippen molar-refractivity contribution in [2.75, 3.05) is 0 Å². The number of hydrogen-bond acceptors (Lipinski definition) is 4. The first-order valence-electron chi connectivity index (χ1n) is 6.44. The molecule has 3 aromatic rings. The Morgan fingerprint density at radius 2 is 1.95 bits per heavy atom. The summed E-state index contributed by atoms with van der Waals surface area (Å²) in [7, 11) is 0. The minimum absolute atomic E-state index is 0.123. The van der Waals surface area contributed by atoms with E-state index in [-0.39, 0.29) is 11.3 Å². The minimum atomic E-state index is -0.164. The highest BCUT2D eigenvalue weighted by molar-refractivity contribution is 7.08. The third kappa shape index (κ3) is 2.98. The zero-order chi connectivity index (χ0) is 14.7. The Hall–Kier alpha value is -2.53. The van der Waals surface area contributed by atoms with Crippen LogP contribution in [0.3, 0.4) is 0 Å². The van der Waals surface area contributed by atoms with Crippen molar-refractivity contribution in [1.29, 1.82) is 0 Å². The predicted octanol–water partition coefficient (Wildman–Crippen LogP) is 2.58. The fourth-order valence-electron chi connectivity index (χ4n) is 1.98. The minimum Gasteiger partial charge on any atom is -0.288 e. The molecule has 0 N–H and O–H groups in total. The lowest BCUT2D eigenvalue weighted by Gasteiger charge is -2.00. The molecule has 2 aromatic heterocycles. The molecule has 0 bridgehead atoms. The van der Waals surface area contributed by atoms with Crippen molar-refractivity contribution >= 4 is 17.3 Å². The molecule has 0 aliphatic carbocycles. The van der Waals surface area contributed by atoms with Crippen LogP contribution in [0.25, 0.3) is 0 Å². The second-order valence-electron chi connectivity index (χ2n) is 4.53. The maximum atomic E-state index is 12.3. The maximum Gasteiger partial charge on any atom is 0.261 e. The van der Waals surface area contributed by atoms with E-state index in [4.69, 9.17) is 0 Å². The van der Waals surface area contributed by atoms with E-state index in [0.717, 1.165) is 5.56 Å². The van der Waals surface area contributed by atoms with Gasteiger partial charge in [-0.2, -0.15) is 0 Å². The summed E-state index contributed by atoms with van der Waals surface area (Å²) in [6.45, 7) is 0.430. The summed E-state index contributed by atoms with van der Waals surface area (Å²) < 4.78 is 1.56. The zero-order valence-electron chi connectivity index (χ0n) is 11.1. The van der Waals surface area contributed by atoms with Gasteiger partial charge in [-0.1, -0.05) is 47.9 Å². The Morgan fingerprint density at radius 1 is 1.14 bits per heavy atom. The molecule has 5 heteroatoms. The molecule has 4 nitrogen and oxygen atoms in total. The van der Waals surface area contributed by atoms with E-state index in [1.807, 2.05) is 30.3 Å². The van der Waals surface area contributed by atoms with Crippen LogP contribution in [0.2, 0.25) is 0 Å². The summed E-state index contributed by atoms with van der Waals surface area (Å²) in [6.07, 6.45) is 3.40. The van der Waals surface area contributed by atoms with Crippen LogP contribution in [0.15, 0.2) is 65.7 Å². The molecule has 3 rings (SSSR count).